The van der Waals surface area contributed by atoms with Crippen molar-refractivity contribution in [1.82, 2.24) is 0 Å². The molecule has 1 amide bonds. The molecular weight excluding hydrogens is 317 g/mol. The first kappa shape index (κ1) is 17.1. The van der Waals surface area contributed by atoms with Gasteiger partial charge in [0.05, 0.1) is 12.3 Å². The van der Waals surface area contributed by atoms with Gasteiger partial charge in [-0.1, -0.05) is 24.8 Å². The lowest BCUT2D eigenvalue weighted by molar-refractivity contribution is -0.117. The fraction of sp³-hybridized carbons (Fsp3) is 0.118. The van der Waals surface area contributed by atoms with Crippen LogP contribution in [0.5, 0.6) is 5.75 Å². The topological polar surface area (TPSA) is 60.8 Å². The van der Waals surface area contributed by atoms with E-state index in [9.17, 15) is 19.4 Å². The van der Waals surface area contributed by atoms with E-state index < -0.39 is 22.7 Å². The Hall–Kier alpha value is -2.31. The second-order valence-electron chi connectivity index (χ2n) is 4.62. The first-order chi connectivity index (χ1) is 11.1. The highest BCUT2D eigenvalue weighted by Crippen LogP contribution is 2.31. The number of hydrogen-bond acceptors (Lipinski definition) is 4. The van der Waals surface area contributed by atoms with Crippen LogP contribution in [0, 0.1) is 5.82 Å². The van der Waals surface area contributed by atoms with Crippen LogP contribution >= 0.6 is 11.8 Å². The highest BCUT2D eigenvalue weighted by atomic mass is 32.2. The summed E-state index contributed by atoms with van der Waals surface area (Å²) in [5.74, 6) is -1.73. The number of halogens is 1. The van der Waals surface area contributed by atoms with E-state index in [0.29, 0.717) is 5.69 Å². The number of aliphatic hydroxyl groups excluding tert-OH is 1. The van der Waals surface area contributed by atoms with Gasteiger partial charge in [-0.15, -0.1) is 11.8 Å². The minimum atomic E-state index is -0.826. The number of phenolic OH excluding ortho intramolecular Hbond substituents is 1. The number of benzene rings is 2. The van der Waals surface area contributed by atoms with Gasteiger partial charge in [0.25, 0.3) is 0 Å². The molecule has 4 nitrogen and oxygen atoms in total. The monoisotopic (exact) mass is 333 g/mol. The van der Waals surface area contributed by atoms with Crippen molar-refractivity contribution in [3.8, 4) is 5.75 Å². The van der Waals surface area contributed by atoms with Gasteiger partial charge in [0.15, 0.2) is 11.6 Å². The van der Waals surface area contributed by atoms with E-state index >= 15 is 0 Å². The second-order valence-corrected chi connectivity index (χ2v) is 5.79. The van der Waals surface area contributed by atoms with Crippen LogP contribution in [-0.4, -0.2) is 28.0 Å². The van der Waals surface area contributed by atoms with Gasteiger partial charge in [-0.05, 0) is 29.7 Å². The fourth-order valence-electron chi connectivity index (χ4n) is 2.05. The predicted molar refractivity (Wildman–Crippen MR) is 90.3 cm³/mol. The molecule has 0 aliphatic heterocycles. The van der Waals surface area contributed by atoms with E-state index in [1.807, 2.05) is 0 Å². The van der Waals surface area contributed by atoms with Crippen molar-refractivity contribution in [1.29, 1.82) is 0 Å². The lowest BCUT2D eigenvalue weighted by Gasteiger charge is -2.26. The van der Waals surface area contributed by atoms with Crippen molar-refractivity contribution in [2.75, 3.05) is 11.5 Å². The molecule has 23 heavy (non-hydrogen) atoms. The Morgan fingerprint density at radius 2 is 1.96 bits per heavy atom. The summed E-state index contributed by atoms with van der Waals surface area (Å²) in [6.45, 7) is 3.17. The van der Waals surface area contributed by atoms with Gasteiger partial charge >= 0.3 is 0 Å². The van der Waals surface area contributed by atoms with E-state index in [1.54, 1.807) is 30.3 Å². The van der Waals surface area contributed by atoms with E-state index in [0.717, 1.165) is 17.8 Å². The first-order valence-electron chi connectivity index (χ1n) is 6.83. The molecule has 0 radical (unpaired) electrons. The van der Waals surface area contributed by atoms with Crippen molar-refractivity contribution in [3.63, 3.8) is 0 Å². The Morgan fingerprint density at radius 3 is 2.52 bits per heavy atom. The maximum atomic E-state index is 13.7. The highest BCUT2D eigenvalue weighted by Gasteiger charge is 2.26. The molecule has 0 heterocycles. The fourth-order valence-corrected chi connectivity index (χ4v) is 2.60. The van der Waals surface area contributed by atoms with Crippen LogP contribution in [0.1, 0.15) is 0 Å². The third-order valence-electron chi connectivity index (χ3n) is 3.13. The number of para-hydroxylation sites is 1. The molecule has 6 heteroatoms. The molecule has 0 spiro atoms. The molecule has 1 atom stereocenters. The number of anilines is 2. The number of thioether (sulfide) groups is 1. The summed E-state index contributed by atoms with van der Waals surface area (Å²) in [5, 5.41) is 19.5. The number of aromatic hydroxyl groups is 1. The highest BCUT2D eigenvalue weighted by molar-refractivity contribution is 8.03. The number of carbonyl (C=O) groups excluding carboxylic acids is 1. The molecule has 2 aromatic carbocycles. The maximum absolute atomic E-state index is 13.7. The van der Waals surface area contributed by atoms with Gasteiger partial charge in [0, 0.05) is 11.8 Å². The standard InChI is InChI=1S/C17H16FNO3S/c1-2-23-16(11-20)17(22)19(12-6-4-3-5-7-12)13-8-9-15(21)14(18)10-13/h2-10,16,20-21H,1,11H2. The molecule has 0 aliphatic carbocycles. The van der Waals surface area contributed by atoms with Crippen LogP contribution in [-0.2, 0) is 4.79 Å². The smallest absolute Gasteiger partial charge is 0.247 e. The van der Waals surface area contributed by atoms with Crippen molar-refractivity contribution in [2.45, 2.75) is 5.25 Å². The van der Waals surface area contributed by atoms with Gasteiger partial charge in [-0.2, -0.15) is 0 Å². The van der Waals surface area contributed by atoms with Crippen LogP contribution in [0.25, 0.3) is 0 Å². The second kappa shape index (κ2) is 7.80. The molecule has 0 saturated heterocycles. The summed E-state index contributed by atoms with van der Waals surface area (Å²) in [7, 11) is 0. The average molecular weight is 333 g/mol. The SMILES string of the molecule is C=CSC(CO)C(=O)N(c1ccccc1)c1ccc(O)c(F)c1. The summed E-state index contributed by atoms with van der Waals surface area (Å²) in [6.07, 6.45) is 0. The zero-order chi connectivity index (χ0) is 16.8. The summed E-state index contributed by atoms with van der Waals surface area (Å²) < 4.78 is 13.7. The summed E-state index contributed by atoms with van der Waals surface area (Å²) >= 11 is 1.09. The van der Waals surface area contributed by atoms with E-state index in [4.69, 9.17) is 0 Å². The lowest BCUT2D eigenvalue weighted by Crippen LogP contribution is -2.36. The minimum Gasteiger partial charge on any atom is -0.505 e. The normalized spacial score (nSPS) is 11.7. The lowest BCUT2D eigenvalue weighted by atomic mass is 10.2. The van der Waals surface area contributed by atoms with Gasteiger partial charge in [0.2, 0.25) is 5.91 Å². The number of nitrogens with zero attached hydrogens (tertiary/aromatic N) is 1. The Labute approximate surface area is 137 Å². The number of aliphatic hydroxyl groups is 1. The van der Waals surface area contributed by atoms with Crippen molar-refractivity contribution in [2.24, 2.45) is 0 Å². The van der Waals surface area contributed by atoms with Crippen LogP contribution in [0.2, 0.25) is 0 Å². The third-order valence-corrected chi connectivity index (χ3v) is 4.00. The Bertz CT molecular complexity index is 693. The number of hydrogen-bond donors (Lipinski definition) is 2. The molecule has 0 aliphatic rings. The zero-order valence-corrected chi connectivity index (χ0v) is 13.0. The summed E-state index contributed by atoms with van der Waals surface area (Å²) in [5.41, 5.74) is 0.797. The Kier molecular flexibility index (Phi) is 5.78. The number of carbonyl (C=O) groups is 1. The number of rotatable bonds is 6. The van der Waals surface area contributed by atoms with Crippen LogP contribution in [0.3, 0.4) is 0 Å². The van der Waals surface area contributed by atoms with Crippen molar-refractivity contribution in [3.05, 3.63) is 66.3 Å². The average Bonchev–Trinajstić information content (AvgIpc) is 2.57. The van der Waals surface area contributed by atoms with E-state index in [2.05, 4.69) is 6.58 Å². The molecule has 1 unspecified atom stereocenters. The molecular formula is C17H16FNO3S. The van der Waals surface area contributed by atoms with Gasteiger partial charge in [-0.25, -0.2) is 4.39 Å². The minimum absolute atomic E-state index is 0.264. The van der Waals surface area contributed by atoms with Crippen LogP contribution < -0.4 is 4.90 Å². The maximum Gasteiger partial charge on any atom is 0.247 e. The van der Waals surface area contributed by atoms with Crippen LogP contribution in [0.15, 0.2) is 60.5 Å². The largest absolute Gasteiger partial charge is 0.505 e. The summed E-state index contributed by atoms with van der Waals surface area (Å²) in [4.78, 5) is 14.1. The molecule has 0 aromatic heterocycles. The van der Waals surface area contributed by atoms with Gasteiger partial charge in [-0.3, -0.25) is 9.69 Å². The molecule has 0 saturated carbocycles. The molecule has 120 valence electrons. The van der Waals surface area contributed by atoms with Crippen molar-refractivity contribution >= 4 is 29.0 Å². The summed E-state index contributed by atoms with van der Waals surface area (Å²) in [6, 6.07) is 12.4. The molecule has 2 N–H and O–H groups in total. The number of amides is 1. The zero-order valence-electron chi connectivity index (χ0n) is 12.2. The van der Waals surface area contributed by atoms with Crippen LogP contribution in [0.4, 0.5) is 15.8 Å². The van der Waals surface area contributed by atoms with Gasteiger partial charge in [0.1, 0.15) is 5.25 Å². The number of phenols is 1. The van der Waals surface area contributed by atoms with E-state index in [1.165, 1.54) is 22.4 Å². The Morgan fingerprint density at radius 1 is 1.26 bits per heavy atom. The molecule has 0 fully saturated rings. The third kappa shape index (κ3) is 3.91. The molecule has 2 rings (SSSR count). The Balaban J connectivity index is 2.49. The predicted octanol–water partition coefficient (Wildman–Crippen LogP) is 3.43. The molecule has 2 aromatic rings. The first-order valence-corrected chi connectivity index (χ1v) is 7.77. The van der Waals surface area contributed by atoms with E-state index in [-0.39, 0.29) is 12.3 Å². The van der Waals surface area contributed by atoms with Gasteiger partial charge < -0.3 is 10.2 Å². The quantitative estimate of drug-likeness (QED) is 0.850. The van der Waals surface area contributed by atoms with Crippen molar-refractivity contribution < 1.29 is 19.4 Å². The molecule has 0 bridgehead atoms.